The number of hydrogen-bond donors (Lipinski definition) is 2. The highest BCUT2D eigenvalue weighted by Crippen LogP contribution is 2.28. The summed E-state index contributed by atoms with van der Waals surface area (Å²) in [5.74, 6) is 0. The van der Waals surface area contributed by atoms with Crippen LogP contribution in [0.25, 0.3) is 10.8 Å². The number of allylic oxidation sites excluding steroid dienone is 4. The van der Waals surface area contributed by atoms with Gasteiger partial charge in [0, 0.05) is 16.6 Å². The van der Waals surface area contributed by atoms with Crippen LogP contribution in [0.4, 0.5) is 5.69 Å². The van der Waals surface area contributed by atoms with Crippen molar-refractivity contribution in [1.29, 1.82) is 5.41 Å². The number of rotatable bonds is 2. The lowest BCUT2D eigenvalue weighted by molar-refractivity contribution is 1.00. The second-order valence-electron chi connectivity index (χ2n) is 4.78. The molecule has 94 valence electrons. The molecule has 0 fully saturated rings. The molecule has 0 aliphatic heterocycles. The highest BCUT2D eigenvalue weighted by molar-refractivity contribution is 6.17. The van der Waals surface area contributed by atoms with Crippen molar-refractivity contribution >= 4 is 22.2 Å². The molecule has 3 N–H and O–H groups in total. The van der Waals surface area contributed by atoms with Crippen molar-refractivity contribution in [2.75, 3.05) is 5.73 Å². The minimum absolute atomic E-state index is 0.549. The molecule has 0 bridgehead atoms. The summed E-state index contributed by atoms with van der Waals surface area (Å²) in [4.78, 5) is 0. The Bertz CT molecular complexity index is 708. The van der Waals surface area contributed by atoms with Gasteiger partial charge in [-0.05, 0) is 23.8 Å². The molecule has 0 heterocycles. The maximum absolute atomic E-state index is 8.36. The first-order valence-electron chi connectivity index (χ1n) is 6.49. The Labute approximate surface area is 112 Å². The highest BCUT2D eigenvalue weighted by Gasteiger charge is 2.13. The molecule has 1 aliphatic carbocycles. The Morgan fingerprint density at radius 1 is 1.11 bits per heavy atom. The largest absolute Gasteiger partial charge is 0.398 e. The van der Waals surface area contributed by atoms with Crippen molar-refractivity contribution in [3.8, 4) is 0 Å². The predicted molar refractivity (Wildman–Crippen MR) is 81.6 cm³/mol. The zero-order chi connectivity index (χ0) is 13.2. The second kappa shape index (κ2) is 4.73. The van der Waals surface area contributed by atoms with Gasteiger partial charge in [0.05, 0.1) is 5.71 Å². The van der Waals surface area contributed by atoms with E-state index < -0.39 is 0 Å². The molecule has 2 nitrogen and oxygen atoms in total. The van der Waals surface area contributed by atoms with E-state index in [1.165, 1.54) is 0 Å². The number of benzene rings is 2. The SMILES string of the molecule is N=C(C1=CC=CCC1)c1ccc2ccccc2c1N. The van der Waals surface area contributed by atoms with E-state index in [1.807, 2.05) is 48.6 Å². The minimum Gasteiger partial charge on any atom is -0.398 e. The summed E-state index contributed by atoms with van der Waals surface area (Å²) in [5, 5.41) is 10.5. The number of hydrogen-bond acceptors (Lipinski definition) is 2. The molecule has 2 aromatic rings. The van der Waals surface area contributed by atoms with Crippen LogP contribution in [0, 0.1) is 5.41 Å². The second-order valence-corrected chi connectivity index (χ2v) is 4.78. The van der Waals surface area contributed by atoms with Crippen molar-refractivity contribution in [3.63, 3.8) is 0 Å². The van der Waals surface area contributed by atoms with Gasteiger partial charge in [0.25, 0.3) is 0 Å². The molecule has 0 aromatic heterocycles. The van der Waals surface area contributed by atoms with Crippen LogP contribution in [0.2, 0.25) is 0 Å². The lowest BCUT2D eigenvalue weighted by Crippen LogP contribution is -2.08. The van der Waals surface area contributed by atoms with Crippen LogP contribution < -0.4 is 5.73 Å². The van der Waals surface area contributed by atoms with Crippen molar-refractivity contribution in [2.24, 2.45) is 0 Å². The number of nitrogen functional groups attached to an aromatic ring is 1. The molecule has 0 saturated heterocycles. The molecule has 0 saturated carbocycles. The molecule has 0 spiro atoms. The minimum atomic E-state index is 0.549. The van der Waals surface area contributed by atoms with Gasteiger partial charge in [-0.25, -0.2) is 0 Å². The van der Waals surface area contributed by atoms with Crippen molar-refractivity contribution < 1.29 is 0 Å². The summed E-state index contributed by atoms with van der Waals surface area (Å²) < 4.78 is 0. The van der Waals surface area contributed by atoms with Crippen LogP contribution in [0.5, 0.6) is 0 Å². The summed E-state index contributed by atoms with van der Waals surface area (Å²) in [5.41, 5.74) is 9.39. The molecule has 2 heteroatoms. The molecule has 0 unspecified atom stereocenters. The van der Waals surface area contributed by atoms with Gasteiger partial charge in [-0.3, -0.25) is 5.41 Å². The third-order valence-electron chi connectivity index (χ3n) is 3.57. The first kappa shape index (κ1) is 11.7. The van der Waals surface area contributed by atoms with Crippen molar-refractivity contribution in [2.45, 2.75) is 12.8 Å². The number of anilines is 1. The van der Waals surface area contributed by atoms with Crippen LogP contribution in [0.3, 0.4) is 0 Å². The maximum atomic E-state index is 8.36. The Hall–Kier alpha value is -2.35. The molecule has 0 amide bonds. The van der Waals surface area contributed by atoms with E-state index in [4.69, 9.17) is 11.1 Å². The molecule has 3 rings (SSSR count). The number of nitrogens with one attached hydrogen (secondary N) is 1. The molecule has 0 radical (unpaired) electrons. The summed E-state index contributed by atoms with van der Waals surface area (Å²) in [6.07, 6.45) is 8.08. The van der Waals surface area contributed by atoms with Gasteiger partial charge >= 0.3 is 0 Å². The Balaban J connectivity index is 2.10. The van der Waals surface area contributed by atoms with E-state index in [0.29, 0.717) is 11.4 Å². The van der Waals surface area contributed by atoms with Gasteiger partial charge in [0.2, 0.25) is 0 Å². The summed E-state index contributed by atoms with van der Waals surface area (Å²) in [7, 11) is 0. The smallest absolute Gasteiger partial charge is 0.0665 e. The molecule has 0 atom stereocenters. The molecule has 2 aromatic carbocycles. The van der Waals surface area contributed by atoms with Gasteiger partial charge in [-0.1, -0.05) is 54.6 Å². The molecular formula is C17H16N2. The van der Waals surface area contributed by atoms with E-state index in [-0.39, 0.29) is 0 Å². The van der Waals surface area contributed by atoms with Crippen LogP contribution in [0.15, 0.2) is 60.2 Å². The molecular weight excluding hydrogens is 232 g/mol. The van der Waals surface area contributed by atoms with E-state index in [9.17, 15) is 0 Å². The van der Waals surface area contributed by atoms with Gasteiger partial charge in [0.15, 0.2) is 0 Å². The Morgan fingerprint density at radius 2 is 1.95 bits per heavy atom. The molecule has 19 heavy (non-hydrogen) atoms. The summed E-state index contributed by atoms with van der Waals surface area (Å²) in [6, 6.07) is 12.0. The fourth-order valence-corrected chi connectivity index (χ4v) is 2.50. The predicted octanol–water partition coefficient (Wildman–Crippen LogP) is 4.07. The van der Waals surface area contributed by atoms with Crippen molar-refractivity contribution in [3.05, 3.63) is 65.8 Å². The fourth-order valence-electron chi connectivity index (χ4n) is 2.50. The number of fused-ring (bicyclic) bond motifs is 1. The Kier molecular flexibility index (Phi) is 2.92. The lowest BCUT2D eigenvalue weighted by Gasteiger charge is -2.14. The highest BCUT2D eigenvalue weighted by atomic mass is 14.6. The number of nitrogens with two attached hydrogens (primary N) is 1. The molecule has 1 aliphatic rings. The van der Waals surface area contributed by atoms with E-state index in [2.05, 4.69) is 6.08 Å². The van der Waals surface area contributed by atoms with E-state index >= 15 is 0 Å². The summed E-state index contributed by atoms with van der Waals surface area (Å²) in [6.45, 7) is 0. The standard InChI is InChI=1S/C17H16N2/c18-16(13-7-2-1-3-8-13)15-11-10-12-6-4-5-9-14(12)17(15)19/h1-2,4-7,9-11,18H,3,8,19H2. The zero-order valence-electron chi connectivity index (χ0n) is 10.7. The quantitative estimate of drug-likeness (QED) is 0.611. The third-order valence-corrected chi connectivity index (χ3v) is 3.57. The monoisotopic (exact) mass is 248 g/mol. The van der Waals surface area contributed by atoms with Crippen molar-refractivity contribution in [1.82, 2.24) is 0 Å². The average Bonchev–Trinajstić information content (AvgIpc) is 2.48. The third kappa shape index (κ3) is 2.06. The van der Waals surface area contributed by atoms with Gasteiger partial charge in [0.1, 0.15) is 0 Å². The van der Waals surface area contributed by atoms with Crippen LogP contribution in [0.1, 0.15) is 18.4 Å². The normalized spacial score (nSPS) is 14.4. The van der Waals surface area contributed by atoms with Gasteiger partial charge < -0.3 is 5.73 Å². The summed E-state index contributed by atoms with van der Waals surface area (Å²) >= 11 is 0. The topological polar surface area (TPSA) is 49.9 Å². The average molecular weight is 248 g/mol. The fraction of sp³-hybridized carbons (Fsp3) is 0.118. The first-order valence-corrected chi connectivity index (χ1v) is 6.49. The maximum Gasteiger partial charge on any atom is 0.0665 e. The van der Waals surface area contributed by atoms with Gasteiger partial charge in [-0.15, -0.1) is 0 Å². The zero-order valence-corrected chi connectivity index (χ0v) is 10.7. The van der Waals surface area contributed by atoms with Crippen LogP contribution in [-0.2, 0) is 0 Å². The Morgan fingerprint density at radius 3 is 2.74 bits per heavy atom. The van der Waals surface area contributed by atoms with Gasteiger partial charge in [-0.2, -0.15) is 0 Å². The van der Waals surface area contributed by atoms with Crippen LogP contribution in [-0.4, -0.2) is 5.71 Å². The van der Waals surface area contributed by atoms with E-state index in [0.717, 1.165) is 34.8 Å². The van der Waals surface area contributed by atoms with E-state index in [1.54, 1.807) is 0 Å². The van der Waals surface area contributed by atoms with Crippen LogP contribution >= 0.6 is 0 Å². The lowest BCUT2D eigenvalue weighted by atomic mass is 9.93. The first-order chi connectivity index (χ1) is 9.27.